The number of carbonyl (C=O) groups is 1. The van der Waals surface area contributed by atoms with Crippen LogP contribution in [-0.2, 0) is 9.53 Å². The second-order valence-electron chi connectivity index (χ2n) is 6.45. The maximum atomic E-state index is 14.0. The summed E-state index contributed by atoms with van der Waals surface area (Å²) in [7, 11) is 0. The van der Waals surface area contributed by atoms with Gasteiger partial charge in [0.1, 0.15) is 29.5 Å². The van der Waals surface area contributed by atoms with Crippen molar-refractivity contribution in [2.45, 2.75) is 18.6 Å². The molecule has 0 unspecified atom stereocenters. The lowest BCUT2D eigenvalue weighted by Crippen LogP contribution is -2.35. The van der Waals surface area contributed by atoms with E-state index in [-0.39, 0.29) is 29.8 Å². The fourth-order valence-electron chi connectivity index (χ4n) is 3.18. The van der Waals surface area contributed by atoms with Crippen molar-refractivity contribution in [3.05, 3.63) is 58.6 Å². The highest BCUT2D eigenvalue weighted by Gasteiger charge is 2.30. The molecule has 29 heavy (non-hydrogen) atoms. The lowest BCUT2D eigenvalue weighted by Gasteiger charge is -2.27. The van der Waals surface area contributed by atoms with Crippen LogP contribution < -0.4 is 15.5 Å². The Balaban J connectivity index is 0.00000240. The van der Waals surface area contributed by atoms with Crippen LogP contribution in [0.15, 0.2) is 41.6 Å². The van der Waals surface area contributed by atoms with E-state index in [2.05, 4.69) is 20.8 Å². The number of carbonyl (C=O) groups excluding carboxylic acids is 1. The first-order valence-electron chi connectivity index (χ1n) is 8.86. The van der Waals surface area contributed by atoms with Gasteiger partial charge in [-0.1, -0.05) is 17.7 Å². The molecule has 1 saturated heterocycles. The molecule has 2 aromatic rings. The monoisotopic (exact) mass is 440 g/mol. The summed E-state index contributed by atoms with van der Waals surface area (Å²) < 4.78 is 26.1. The first-order chi connectivity index (χ1) is 13.6. The topological polar surface area (TPSA) is 84.8 Å². The Morgan fingerprint density at radius 2 is 2.17 bits per heavy atom. The van der Waals surface area contributed by atoms with Crippen LogP contribution in [0.25, 0.3) is 0 Å². The van der Waals surface area contributed by atoms with Crippen molar-refractivity contribution in [1.82, 2.24) is 15.7 Å². The van der Waals surface area contributed by atoms with E-state index in [1.54, 1.807) is 24.4 Å². The van der Waals surface area contributed by atoms with Gasteiger partial charge in [-0.2, -0.15) is 5.10 Å². The Labute approximate surface area is 178 Å². The van der Waals surface area contributed by atoms with E-state index in [1.807, 2.05) is 0 Å². The minimum Gasteiger partial charge on any atom is -0.484 e. The van der Waals surface area contributed by atoms with E-state index >= 15 is 0 Å². The van der Waals surface area contributed by atoms with Crippen LogP contribution in [0, 0.1) is 5.82 Å². The first kappa shape index (κ1) is 21.4. The molecule has 2 N–H and O–H groups in total. The number of rotatable bonds is 4. The van der Waals surface area contributed by atoms with Gasteiger partial charge >= 0.3 is 0 Å². The molecular weight excluding hydrogens is 422 g/mol. The summed E-state index contributed by atoms with van der Waals surface area (Å²) in [6.07, 6.45) is 0.803. The average Bonchev–Trinajstić information content (AvgIpc) is 2.99. The number of aromatic nitrogens is 1. The molecule has 0 spiro atoms. The van der Waals surface area contributed by atoms with Gasteiger partial charge in [0.05, 0.1) is 23.8 Å². The maximum absolute atomic E-state index is 14.0. The van der Waals surface area contributed by atoms with Crippen molar-refractivity contribution < 1.29 is 18.7 Å². The molecule has 3 heterocycles. The number of hydrogen-bond donors (Lipinski definition) is 2. The summed E-state index contributed by atoms with van der Waals surface area (Å²) >= 11 is 5.81. The number of hydrogen-bond acceptors (Lipinski definition) is 6. The Morgan fingerprint density at radius 3 is 2.93 bits per heavy atom. The highest BCUT2D eigenvalue weighted by atomic mass is 35.5. The number of benzene rings is 1. The van der Waals surface area contributed by atoms with Gasteiger partial charge in [0.25, 0.3) is 0 Å². The summed E-state index contributed by atoms with van der Waals surface area (Å²) in [5.41, 5.74) is 4.06. The highest BCUT2D eigenvalue weighted by Crippen LogP contribution is 2.30. The molecule has 0 aliphatic carbocycles. The molecule has 7 nitrogen and oxygen atoms in total. The second-order valence-corrected chi connectivity index (χ2v) is 6.85. The van der Waals surface area contributed by atoms with Crippen LogP contribution in [0.1, 0.15) is 23.8 Å². The lowest BCUT2D eigenvalue weighted by atomic mass is 10.0. The summed E-state index contributed by atoms with van der Waals surface area (Å²) in [4.78, 5) is 15.8. The number of pyridine rings is 1. The molecule has 2 aliphatic rings. The second kappa shape index (κ2) is 9.49. The third kappa shape index (κ3) is 4.84. The third-order valence-electron chi connectivity index (χ3n) is 4.50. The molecule has 2 atom stereocenters. The van der Waals surface area contributed by atoms with E-state index in [0.717, 1.165) is 0 Å². The predicted octanol–water partition coefficient (Wildman–Crippen LogP) is 2.63. The number of ether oxygens (including phenoxy) is 2. The zero-order valence-corrected chi connectivity index (χ0v) is 16.8. The summed E-state index contributed by atoms with van der Waals surface area (Å²) in [5, 5.41) is 7.33. The van der Waals surface area contributed by atoms with Crippen molar-refractivity contribution in [2.75, 3.05) is 19.7 Å². The van der Waals surface area contributed by atoms with Gasteiger partial charge in [-0.05, 0) is 29.8 Å². The third-order valence-corrected chi connectivity index (χ3v) is 4.80. The van der Waals surface area contributed by atoms with E-state index in [1.165, 1.54) is 12.1 Å². The molecule has 0 saturated carbocycles. The zero-order valence-electron chi connectivity index (χ0n) is 15.2. The first-order valence-corrected chi connectivity index (χ1v) is 9.24. The zero-order chi connectivity index (χ0) is 19.5. The van der Waals surface area contributed by atoms with Crippen LogP contribution in [-0.4, -0.2) is 42.4 Å². The van der Waals surface area contributed by atoms with Gasteiger partial charge in [-0.3, -0.25) is 9.78 Å². The van der Waals surface area contributed by atoms with Crippen molar-refractivity contribution in [2.24, 2.45) is 5.10 Å². The van der Waals surface area contributed by atoms with Crippen LogP contribution >= 0.6 is 24.0 Å². The van der Waals surface area contributed by atoms with Crippen molar-refractivity contribution in [1.29, 1.82) is 0 Å². The molecule has 154 valence electrons. The molecule has 1 aromatic heterocycles. The van der Waals surface area contributed by atoms with Gasteiger partial charge in [0.15, 0.2) is 0 Å². The SMILES string of the molecule is Cl.O=C1CC(c2ncccc2O[C@@H]2CNCCO[C@H]2c2ccc(Cl)c(F)c2)=NN1. The molecule has 1 amide bonds. The minimum absolute atomic E-state index is 0. The Bertz CT molecular complexity index is 928. The summed E-state index contributed by atoms with van der Waals surface area (Å²) in [6.45, 7) is 1.60. The van der Waals surface area contributed by atoms with Crippen molar-refractivity contribution in [3.8, 4) is 5.75 Å². The Morgan fingerprint density at radius 1 is 1.31 bits per heavy atom. The number of amides is 1. The predicted molar refractivity (Wildman–Crippen MR) is 108 cm³/mol. The molecule has 1 aromatic carbocycles. The fraction of sp³-hybridized carbons (Fsp3) is 0.316. The van der Waals surface area contributed by atoms with Gasteiger partial charge in [0.2, 0.25) is 5.91 Å². The van der Waals surface area contributed by atoms with E-state index in [9.17, 15) is 9.18 Å². The van der Waals surface area contributed by atoms with Gasteiger partial charge in [-0.15, -0.1) is 12.4 Å². The normalized spacial score (nSPS) is 21.6. The molecule has 0 bridgehead atoms. The molecule has 10 heteroatoms. The molecule has 0 radical (unpaired) electrons. The Hall–Kier alpha value is -2.26. The lowest BCUT2D eigenvalue weighted by molar-refractivity contribution is -0.119. The summed E-state index contributed by atoms with van der Waals surface area (Å²) in [5.74, 6) is -0.222. The number of nitrogens with zero attached hydrogens (tertiary/aromatic N) is 2. The largest absolute Gasteiger partial charge is 0.484 e. The number of hydrazone groups is 1. The molecule has 4 rings (SSSR count). The average molecular weight is 441 g/mol. The van der Waals surface area contributed by atoms with Gasteiger partial charge in [0, 0.05) is 19.3 Å². The van der Waals surface area contributed by atoms with Gasteiger partial charge in [-0.25, -0.2) is 9.82 Å². The maximum Gasteiger partial charge on any atom is 0.246 e. The van der Waals surface area contributed by atoms with Crippen LogP contribution in [0.2, 0.25) is 5.02 Å². The molecule has 2 aliphatic heterocycles. The van der Waals surface area contributed by atoms with Crippen LogP contribution in [0.3, 0.4) is 0 Å². The quantitative estimate of drug-likeness (QED) is 0.762. The fourth-order valence-corrected chi connectivity index (χ4v) is 3.30. The molecular formula is C19H19Cl2FN4O3. The van der Waals surface area contributed by atoms with E-state index < -0.39 is 18.0 Å². The van der Waals surface area contributed by atoms with Crippen molar-refractivity contribution in [3.63, 3.8) is 0 Å². The molecule has 1 fully saturated rings. The highest BCUT2D eigenvalue weighted by molar-refractivity contribution is 6.30. The van der Waals surface area contributed by atoms with Crippen molar-refractivity contribution >= 4 is 35.6 Å². The van der Waals surface area contributed by atoms with Crippen LogP contribution in [0.5, 0.6) is 5.75 Å². The summed E-state index contributed by atoms with van der Waals surface area (Å²) in [6, 6.07) is 8.10. The standard InChI is InChI=1S/C19H18ClFN4O3.ClH/c20-12-4-3-11(8-13(12)21)19-16(10-22-6-7-27-19)28-15-2-1-5-23-18(15)14-9-17(26)25-24-14;/h1-5,8,16,19,22H,6-7,9-10H2,(H,25,26);1H/t16-,19+;/m1./s1. The number of nitrogens with one attached hydrogen (secondary N) is 2. The van der Waals surface area contributed by atoms with Gasteiger partial charge < -0.3 is 14.8 Å². The Kier molecular flexibility index (Phi) is 7.02. The smallest absolute Gasteiger partial charge is 0.246 e. The van der Waals surface area contributed by atoms with E-state index in [4.69, 9.17) is 21.1 Å². The number of halogens is 3. The van der Waals surface area contributed by atoms with Crippen LogP contribution in [0.4, 0.5) is 4.39 Å². The van der Waals surface area contributed by atoms with E-state index in [0.29, 0.717) is 42.4 Å². The minimum atomic E-state index is -0.509.